The number of hydrogen-bond acceptors (Lipinski definition) is 8. The van der Waals surface area contributed by atoms with Crippen LogP contribution < -0.4 is 0 Å². The summed E-state index contributed by atoms with van der Waals surface area (Å²) >= 11 is 0. The molecule has 2 rings (SSSR count). The minimum Gasteiger partial charge on any atom is -0.465 e. The lowest BCUT2D eigenvalue weighted by Crippen LogP contribution is -2.40. The van der Waals surface area contributed by atoms with E-state index >= 15 is 0 Å². The Kier molecular flexibility index (Phi) is 9.52. The Morgan fingerprint density at radius 2 is 0.875 bits per heavy atom. The van der Waals surface area contributed by atoms with Crippen molar-refractivity contribution >= 4 is 23.9 Å². The first-order valence-electron chi connectivity index (χ1n) is 12.0. The highest BCUT2D eigenvalue weighted by Crippen LogP contribution is 2.49. The van der Waals surface area contributed by atoms with E-state index in [1.165, 1.54) is 0 Å². The third-order valence-electron chi connectivity index (χ3n) is 6.88. The molecule has 0 amide bonds. The van der Waals surface area contributed by atoms with Gasteiger partial charge < -0.3 is 18.9 Å². The molecule has 182 valence electrons. The van der Waals surface area contributed by atoms with Crippen LogP contribution in [-0.4, -0.2) is 50.3 Å². The number of esters is 4. The van der Waals surface area contributed by atoms with E-state index in [4.69, 9.17) is 18.9 Å². The van der Waals surface area contributed by atoms with Gasteiger partial charge in [-0.1, -0.05) is 12.8 Å². The van der Waals surface area contributed by atoms with Crippen molar-refractivity contribution in [2.45, 2.75) is 79.1 Å². The smallest absolute Gasteiger partial charge is 0.323 e. The van der Waals surface area contributed by atoms with Gasteiger partial charge in [0.15, 0.2) is 10.8 Å². The molecule has 0 saturated heterocycles. The highest BCUT2D eigenvalue weighted by molar-refractivity contribution is 6.01. The van der Waals surface area contributed by atoms with Gasteiger partial charge in [-0.25, -0.2) is 0 Å². The highest BCUT2D eigenvalue weighted by atomic mass is 16.6. The molecule has 0 radical (unpaired) electrons. The van der Waals surface area contributed by atoms with Crippen LogP contribution >= 0.6 is 0 Å². The number of carbonyl (C=O) groups excluding carboxylic acids is 4. The monoisotopic (exact) mass is 454 g/mol. The van der Waals surface area contributed by atoms with Crippen LogP contribution in [0.15, 0.2) is 0 Å². The van der Waals surface area contributed by atoms with Gasteiger partial charge >= 0.3 is 23.9 Å². The molecule has 2 fully saturated rings. The number of ether oxygens (including phenoxy) is 4. The van der Waals surface area contributed by atoms with E-state index < -0.39 is 34.7 Å². The van der Waals surface area contributed by atoms with Gasteiger partial charge in [0.05, 0.1) is 26.4 Å². The quantitative estimate of drug-likeness (QED) is 0.265. The maximum atomic E-state index is 12.6. The zero-order valence-corrected chi connectivity index (χ0v) is 19.9. The maximum absolute atomic E-state index is 12.6. The average Bonchev–Trinajstić information content (AvgIpc) is 3.39. The Labute approximate surface area is 190 Å². The Hall–Kier alpha value is -2.12. The van der Waals surface area contributed by atoms with Crippen molar-refractivity contribution < 1.29 is 38.1 Å². The first-order chi connectivity index (χ1) is 15.3. The van der Waals surface area contributed by atoms with Crippen molar-refractivity contribution in [2.24, 2.45) is 22.7 Å². The summed E-state index contributed by atoms with van der Waals surface area (Å²) in [4.78, 5) is 50.5. The van der Waals surface area contributed by atoms with E-state index in [0.717, 1.165) is 25.7 Å². The van der Waals surface area contributed by atoms with Crippen LogP contribution in [0.3, 0.4) is 0 Å². The molecular formula is C24H38O8. The van der Waals surface area contributed by atoms with Gasteiger partial charge in [0.25, 0.3) is 0 Å². The van der Waals surface area contributed by atoms with Crippen LogP contribution in [0.25, 0.3) is 0 Å². The van der Waals surface area contributed by atoms with E-state index in [9.17, 15) is 19.2 Å². The normalized spacial score (nSPS) is 23.4. The first kappa shape index (κ1) is 26.1. The van der Waals surface area contributed by atoms with Crippen molar-refractivity contribution in [3.8, 4) is 0 Å². The molecule has 2 aliphatic carbocycles. The summed E-state index contributed by atoms with van der Waals surface area (Å²) in [6.45, 7) is 7.77. The zero-order valence-electron chi connectivity index (χ0n) is 19.9. The lowest BCUT2D eigenvalue weighted by Gasteiger charge is -2.25. The van der Waals surface area contributed by atoms with Crippen molar-refractivity contribution in [3.63, 3.8) is 0 Å². The van der Waals surface area contributed by atoms with E-state index in [1.807, 2.05) is 0 Å². The average molecular weight is 455 g/mol. The van der Waals surface area contributed by atoms with Crippen molar-refractivity contribution in [2.75, 3.05) is 26.4 Å². The molecular weight excluding hydrogens is 416 g/mol. The fraction of sp³-hybridized carbons (Fsp3) is 0.833. The molecule has 0 aromatic rings. The van der Waals surface area contributed by atoms with Gasteiger partial charge in [0, 0.05) is 0 Å². The van der Waals surface area contributed by atoms with Crippen LogP contribution in [0, 0.1) is 22.7 Å². The summed E-state index contributed by atoms with van der Waals surface area (Å²) in [6.07, 6.45) is 4.79. The number of rotatable bonds is 11. The number of hydrogen-bond donors (Lipinski definition) is 0. The molecule has 0 bridgehead atoms. The van der Waals surface area contributed by atoms with E-state index in [0.29, 0.717) is 25.7 Å². The fourth-order valence-electron chi connectivity index (χ4n) is 5.24. The number of carbonyl (C=O) groups is 4. The maximum Gasteiger partial charge on any atom is 0.323 e. The largest absolute Gasteiger partial charge is 0.465 e. The second-order valence-corrected chi connectivity index (χ2v) is 8.84. The van der Waals surface area contributed by atoms with Crippen LogP contribution in [0.5, 0.6) is 0 Å². The third kappa shape index (κ3) is 5.44. The topological polar surface area (TPSA) is 105 Å². The first-order valence-corrected chi connectivity index (χ1v) is 12.0. The van der Waals surface area contributed by atoms with Gasteiger partial charge in [-0.15, -0.1) is 0 Å². The lowest BCUT2D eigenvalue weighted by atomic mass is 9.82. The van der Waals surface area contributed by atoms with Crippen molar-refractivity contribution in [1.29, 1.82) is 0 Å². The molecule has 0 aromatic heterocycles. The van der Waals surface area contributed by atoms with Gasteiger partial charge in [-0.05, 0) is 78.1 Å². The summed E-state index contributed by atoms with van der Waals surface area (Å²) in [5.41, 5.74) is -2.43. The molecule has 0 aliphatic heterocycles. The molecule has 2 atom stereocenters. The van der Waals surface area contributed by atoms with Crippen LogP contribution in [0.2, 0.25) is 0 Å². The van der Waals surface area contributed by atoms with Gasteiger partial charge in [-0.2, -0.15) is 0 Å². The Morgan fingerprint density at radius 3 is 1.12 bits per heavy atom. The Bertz CT molecular complexity index is 591. The summed E-state index contributed by atoms with van der Waals surface area (Å²) in [5, 5.41) is 0. The molecule has 0 spiro atoms. The SMILES string of the molecule is CCOC(=O)C1(C(=O)OCC)CCC(CCC2CCC(C(=O)OCC)(C(=O)OCC)C2)C1. The Balaban J connectivity index is 2.01. The fourth-order valence-corrected chi connectivity index (χ4v) is 5.24. The molecule has 2 unspecified atom stereocenters. The minimum atomic E-state index is -1.22. The Morgan fingerprint density at radius 1 is 0.594 bits per heavy atom. The molecule has 8 nitrogen and oxygen atoms in total. The molecule has 8 heteroatoms. The van der Waals surface area contributed by atoms with Crippen LogP contribution in [0.1, 0.15) is 79.1 Å². The molecule has 0 N–H and O–H groups in total. The summed E-state index contributed by atoms with van der Waals surface area (Å²) in [6, 6.07) is 0. The second-order valence-electron chi connectivity index (χ2n) is 8.84. The standard InChI is InChI=1S/C24H38O8/c1-5-29-19(25)23(20(26)30-6-2)13-11-17(15-23)9-10-18-12-14-24(16-18,21(27)31-7-3)22(28)32-8-4/h17-18H,5-16H2,1-4H3. The molecule has 0 aromatic carbocycles. The van der Waals surface area contributed by atoms with Crippen LogP contribution in [-0.2, 0) is 38.1 Å². The predicted octanol–water partition coefficient (Wildman–Crippen LogP) is 3.59. The highest BCUT2D eigenvalue weighted by Gasteiger charge is 2.55. The van der Waals surface area contributed by atoms with Gasteiger partial charge in [0.1, 0.15) is 0 Å². The predicted molar refractivity (Wildman–Crippen MR) is 115 cm³/mol. The molecule has 2 aliphatic rings. The van der Waals surface area contributed by atoms with E-state index in [1.54, 1.807) is 27.7 Å². The van der Waals surface area contributed by atoms with Crippen molar-refractivity contribution in [1.82, 2.24) is 0 Å². The van der Waals surface area contributed by atoms with E-state index in [2.05, 4.69) is 0 Å². The zero-order chi connectivity index (χ0) is 23.8. The van der Waals surface area contributed by atoms with Gasteiger partial charge in [-0.3, -0.25) is 19.2 Å². The lowest BCUT2D eigenvalue weighted by molar-refractivity contribution is -0.173. The molecule has 32 heavy (non-hydrogen) atoms. The third-order valence-corrected chi connectivity index (χ3v) is 6.88. The molecule has 0 heterocycles. The summed E-state index contributed by atoms with van der Waals surface area (Å²) in [7, 11) is 0. The molecule has 2 saturated carbocycles. The van der Waals surface area contributed by atoms with Crippen molar-refractivity contribution in [3.05, 3.63) is 0 Å². The van der Waals surface area contributed by atoms with E-state index in [-0.39, 0.29) is 38.3 Å². The van der Waals surface area contributed by atoms with Gasteiger partial charge in [0.2, 0.25) is 0 Å². The summed E-state index contributed by atoms with van der Waals surface area (Å²) in [5.74, 6) is -1.61. The van der Waals surface area contributed by atoms with Crippen LogP contribution in [0.4, 0.5) is 0 Å². The minimum absolute atomic E-state index is 0.184. The second kappa shape index (κ2) is 11.7. The summed E-state index contributed by atoms with van der Waals surface area (Å²) < 4.78 is 20.8.